The summed E-state index contributed by atoms with van der Waals surface area (Å²) in [7, 11) is -3.39. The van der Waals surface area contributed by atoms with E-state index in [1.165, 1.54) is 0 Å². The first-order chi connectivity index (χ1) is 8.86. The van der Waals surface area contributed by atoms with Crippen molar-refractivity contribution in [2.75, 3.05) is 13.1 Å². The molecule has 0 amide bonds. The molecule has 0 radical (unpaired) electrons. The van der Waals surface area contributed by atoms with Crippen LogP contribution in [-0.2, 0) is 16.6 Å². The van der Waals surface area contributed by atoms with Crippen LogP contribution in [0.3, 0.4) is 0 Å². The predicted octanol–water partition coefficient (Wildman–Crippen LogP) is 1.73. The van der Waals surface area contributed by atoms with E-state index in [9.17, 15) is 8.42 Å². The molecular weight excluding hydrogens is 260 g/mol. The van der Waals surface area contributed by atoms with Crippen molar-refractivity contribution in [1.82, 2.24) is 4.31 Å². The molecule has 106 valence electrons. The molecule has 1 aliphatic rings. The van der Waals surface area contributed by atoms with Crippen molar-refractivity contribution >= 4 is 10.0 Å². The topological polar surface area (TPSA) is 63.4 Å². The van der Waals surface area contributed by atoms with Gasteiger partial charge in [0.2, 0.25) is 10.0 Å². The first-order valence-corrected chi connectivity index (χ1v) is 8.10. The van der Waals surface area contributed by atoms with Crippen LogP contribution in [0.5, 0.6) is 0 Å². The maximum Gasteiger partial charge on any atom is 0.243 e. The number of nitrogens with two attached hydrogens (primary N) is 1. The minimum absolute atomic E-state index is 0.357. The van der Waals surface area contributed by atoms with Crippen molar-refractivity contribution in [3.63, 3.8) is 0 Å². The van der Waals surface area contributed by atoms with Crippen LogP contribution in [-0.4, -0.2) is 25.8 Å². The maximum absolute atomic E-state index is 12.7. The number of hydrogen-bond acceptors (Lipinski definition) is 3. The molecule has 2 unspecified atom stereocenters. The fourth-order valence-electron chi connectivity index (χ4n) is 2.46. The van der Waals surface area contributed by atoms with Gasteiger partial charge in [0.05, 0.1) is 4.90 Å². The molecular formula is C14H22N2O2S. The average Bonchev–Trinajstić information content (AvgIpc) is 2.71. The van der Waals surface area contributed by atoms with Crippen LogP contribution in [0.25, 0.3) is 0 Å². The van der Waals surface area contributed by atoms with E-state index in [0.29, 0.717) is 36.4 Å². The molecule has 5 heteroatoms. The zero-order chi connectivity index (χ0) is 14.2. The van der Waals surface area contributed by atoms with Crippen LogP contribution in [0.1, 0.15) is 25.0 Å². The number of aryl methyl sites for hydroxylation is 1. The third-order valence-corrected chi connectivity index (χ3v) is 6.03. The van der Waals surface area contributed by atoms with Gasteiger partial charge in [-0.25, -0.2) is 8.42 Å². The van der Waals surface area contributed by atoms with Crippen molar-refractivity contribution in [1.29, 1.82) is 0 Å². The third-order valence-electron chi connectivity index (χ3n) is 4.06. The molecule has 1 aromatic carbocycles. The van der Waals surface area contributed by atoms with Gasteiger partial charge in [0.25, 0.3) is 0 Å². The van der Waals surface area contributed by atoms with Crippen LogP contribution < -0.4 is 5.73 Å². The molecule has 1 aliphatic heterocycles. The van der Waals surface area contributed by atoms with Gasteiger partial charge in [-0.1, -0.05) is 26.0 Å². The highest BCUT2D eigenvalue weighted by molar-refractivity contribution is 7.89. The van der Waals surface area contributed by atoms with E-state index in [4.69, 9.17) is 5.73 Å². The van der Waals surface area contributed by atoms with E-state index < -0.39 is 10.0 Å². The zero-order valence-corrected chi connectivity index (χ0v) is 12.6. The van der Waals surface area contributed by atoms with Crippen molar-refractivity contribution < 1.29 is 8.42 Å². The summed E-state index contributed by atoms with van der Waals surface area (Å²) < 4.78 is 27.0. The number of sulfonamides is 1. The monoisotopic (exact) mass is 282 g/mol. The van der Waals surface area contributed by atoms with E-state index in [1.54, 1.807) is 10.4 Å². The van der Waals surface area contributed by atoms with Crippen LogP contribution in [0.15, 0.2) is 23.1 Å². The first kappa shape index (κ1) is 14.5. The van der Waals surface area contributed by atoms with Crippen molar-refractivity contribution in [2.45, 2.75) is 32.2 Å². The highest BCUT2D eigenvalue weighted by Gasteiger charge is 2.35. The molecule has 1 heterocycles. The summed E-state index contributed by atoms with van der Waals surface area (Å²) in [6, 6.07) is 5.42. The lowest BCUT2D eigenvalue weighted by atomic mass is 10.0. The maximum atomic E-state index is 12.7. The van der Waals surface area contributed by atoms with E-state index in [0.717, 1.165) is 11.1 Å². The first-order valence-electron chi connectivity index (χ1n) is 6.66. The summed E-state index contributed by atoms with van der Waals surface area (Å²) in [5.41, 5.74) is 7.23. The van der Waals surface area contributed by atoms with E-state index in [1.807, 2.05) is 19.1 Å². The lowest BCUT2D eigenvalue weighted by Gasteiger charge is -2.18. The molecule has 2 N–H and O–H groups in total. The van der Waals surface area contributed by atoms with Gasteiger partial charge in [0.15, 0.2) is 0 Å². The Hall–Kier alpha value is -0.910. The van der Waals surface area contributed by atoms with Crippen LogP contribution in [0.2, 0.25) is 0 Å². The summed E-state index contributed by atoms with van der Waals surface area (Å²) in [6.07, 6.45) is 0. The summed E-state index contributed by atoms with van der Waals surface area (Å²) in [5, 5.41) is 0. The predicted molar refractivity (Wildman–Crippen MR) is 76.2 cm³/mol. The molecule has 2 rings (SSSR count). The quantitative estimate of drug-likeness (QED) is 0.918. The number of rotatable bonds is 3. The molecule has 0 aromatic heterocycles. The van der Waals surface area contributed by atoms with Gasteiger partial charge in [0.1, 0.15) is 0 Å². The normalized spacial score (nSPS) is 24.8. The van der Waals surface area contributed by atoms with Gasteiger partial charge in [0, 0.05) is 19.6 Å². The summed E-state index contributed by atoms with van der Waals surface area (Å²) in [5.74, 6) is 0.820. The molecule has 4 nitrogen and oxygen atoms in total. The Labute approximate surface area is 115 Å². The molecule has 2 atom stereocenters. The molecule has 0 bridgehead atoms. The van der Waals surface area contributed by atoms with Gasteiger partial charge >= 0.3 is 0 Å². The lowest BCUT2D eigenvalue weighted by Crippen LogP contribution is -2.29. The fraction of sp³-hybridized carbons (Fsp3) is 0.571. The Kier molecular flexibility index (Phi) is 3.99. The van der Waals surface area contributed by atoms with E-state index in [2.05, 4.69) is 13.8 Å². The average molecular weight is 282 g/mol. The second-order valence-corrected chi connectivity index (χ2v) is 7.49. The largest absolute Gasteiger partial charge is 0.326 e. The Balaban J connectivity index is 2.40. The van der Waals surface area contributed by atoms with Gasteiger partial charge in [-0.3, -0.25) is 0 Å². The molecule has 0 saturated carbocycles. The molecule has 0 spiro atoms. The minimum atomic E-state index is -3.39. The summed E-state index contributed by atoms with van der Waals surface area (Å²) in [4.78, 5) is 0.400. The Bertz CT molecular complexity index is 559. The zero-order valence-electron chi connectivity index (χ0n) is 11.8. The standard InChI is InChI=1S/C14H22N2O2S/c1-10-4-5-13(7-15)6-14(10)19(17,18)16-8-11(2)12(3)9-16/h4-6,11-12H,7-9,15H2,1-3H3. The lowest BCUT2D eigenvalue weighted by molar-refractivity contribution is 0.462. The highest BCUT2D eigenvalue weighted by Crippen LogP contribution is 2.29. The fourth-order valence-corrected chi connectivity index (χ4v) is 4.38. The van der Waals surface area contributed by atoms with Crippen LogP contribution in [0, 0.1) is 18.8 Å². The van der Waals surface area contributed by atoms with Gasteiger partial charge in [-0.2, -0.15) is 4.31 Å². The molecule has 19 heavy (non-hydrogen) atoms. The Morgan fingerprint density at radius 2 is 1.84 bits per heavy atom. The van der Waals surface area contributed by atoms with Gasteiger partial charge in [-0.15, -0.1) is 0 Å². The molecule has 1 fully saturated rings. The Morgan fingerprint density at radius 1 is 1.26 bits per heavy atom. The van der Waals surface area contributed by atoms with Gasteiger partial charge < -0.3 is 5.73 Å². The van der Waals surface area contributed by atoms with Gasteiger partial charge in [-0.05, 0) is 36.0 Å². The molecule has 1 saturated heterocycles. The Morgan fingerprint density at radius 3 is 2.37 bits per heavy atom. The van der Waals surface area contributed by atoms with Crippen LogP contribution in [0.4, 0.5) is 0 Å². The van der Waals surface area contributed by atoms with Crippen molar-refractivity contribution in [2.24, 2.45) is 17.6 Å². The third kappa shape index (κ3) is 2.68. The highest BCUT2D eigenvalue weighted by atomic mass is 32.2. The number of nitrogens with zero attached hydrogens (tertiary/aromatic N) is 1. The summed E-state index contributed by atoms with van der Waals surface area (Å²) >= 11 is 0. The van der Waals surface area contributed by atoms with Crippen LogP contribution >= 0.6 is 0 Å². The second kappa shape index (κ2) is 5.23. The molecule has 0 aliphatic carbocycles. The second-order valence-electron chi connectivity index (χ2n) is 5.58. The van der Waals surface area contributed by atoms with E-state index >= 15 is 0 Å². The van der Waals surface area contributed by atoms with Crippen molar-refractivity contribution in [3.8, 4) is 0 Å². The number of hydrogen-bond donors (Lipinski definition) is 1. The number of benzene rings is 1. The minimum Gasteiger partial charge on any atom is -0.326 e. The summed E-state index contributed by atoms with van der Waals surface area (Å²) in [6.45, 7) is 7.60. The SMILES string of the molecule is Cc1ccc(CN)cc1S(=O)(=O)N1CC(C)C(C)C1. The smallest absolute Gasteiger partial charge is 0.243 e. The van der Waals surface area contributed by atoms with Crippen molar-refractivity contribution in [3.05, 3.63) is 29.3 Å². The molecule has 1 aromatic rings. The van der Waals surface area contributed by atoms with E-state index in [-0.39, 0.29) is 0 Å².